The number of likely N-dealkylation sites (N-methyl/N-ethyl adjacent to an activating group) is 1. The van der Waals surface area contributed by atoms with Gasteiger partial charge in [0.05, 0.1) is 11.4 Å². The second-order valence-electron chi connectivity index (χ2n) is 2.78. The molecule has 1 heterocycles. The molecular weight excluding hydrogens is 222 g/mol. The predicted octanol–water partition coefficient (Wildman–Crippen LogP) is 1.88. The largest absolute Gasteiger partial charge is 0.468 e. The van der Waals surface area contributed by atoms with E-state index in [1.165, 1.54) is 18.4 Å². The number of carbonyl (C=O) groups is 1. The minimum Gasteiger partial charge on any atom is -0.468 e. The maximum atomic E-state index is 11.4. The maximum Gasteiger partial charge on any atom is 0.315 e. The first-order chi connectivity index (χ1) is 6.69. The summed E-state index contributed by atoms with van der Waals surface area (Å²) in [6.07, 6.45) is 0. The fraction of sp³-hybridized carbons (Fsp3) is 0.444. The van der Waals surface area contributed by atoms with Crippen molar-refractivity contribution in [2.75, 3.05) is 20.7 Å². The molecule has 0 bridgehead atoms. The van der Waals surface area contributed by atoms with Gasteiger partial charge in [-0.15, -0.1) is 11.3 Å². The van der Waals surface area contributed by atoms with Crippen LogP contribution in [-0.2, 0) is 9.53 Å². The van der Waals surface area contributed by atoms with Gasteiger partial charge < -0.3 is 10.1 Å². The van der Waals surface area contributed by atoms with Crippen LogP contribution in [0, 0.1) is 0 Å². The second-order valence-corrected chi connectivity index (χ2v) is 4.52. The highest BCUT2D eigenvalue weighted by Crippen LogP contribution is 2.28. The molecule has 1 rings (SSSR count). The number of methoxy groups -OCH3 is 1. The molecule has 1 unspecified atom stereocenters. The zero-order valence-corrected chi connectivity index (χ0v) is 9.61. The van der Waals surface area contributed by atoms with Crippen LogP contribution in [-0.4, -0.2) is 26.7 Å². The van der Waals surface area contributed by atoms with Gasteiger partial charge in [0.2, 0.25) is 0 Å². The lowest BCUT2D eigenvalue weighted by molar-refractivity contribution is -0.142. The molecule has 1 N–H and O–H groups in total. The maximum absolute atomic E-state index is 11.4. The Hall–Kier alpha value is -0.580. The number of hydrogen-bond donors (Lipinski definition) is 1. The van der Waals surface area contributed by atoms with Crippen molar-refractivity contribution < 1.29 is 9.53 Å². The molecule has 0 aliphatic rings. The van der Waals surface area contributed by atoms with E-state index in [1.807, 2.05) is 6.07 Å². The quantitative estimate of drug-likeness (QED) is 0.807. The van der Waals surface area contributed by atoms with Gasteiger partial charge in [0.25, 0.3) is 0 Å². The standard InChI is InChI=1S/C9H12ClNO2S/c1-11-5-6(9(12)13-2)7-3-4-8(10)14-7/h3-4,6,11H,5H2,1-2H3. The molecule has 0 saturated carbocycles. The fourth-order valence-electron chi connectivity index (χ4n) is 1.16. The van der Waals surface area contributed by atoms with Crippen LogP contribution in [0.2, 0.25) is 4.34 Å². The third-order valence-electron chi connectivity index (χ3n) is 1.83. The number of nitrogens with one attached hydrogen (secondary N) is 1. The number of ether oxygens (including phenoxy) is 1. The van der Waals surface area contributed by atoms with Crippen LogP contribution in [0.15, 0.2) is 12.1 Å². The Morgan fingerprint density at radius 2 is 2.43 bits per heavy atom. The van der Waals surface area contributed by atoms with Gasteiger partial charge in [0, 0.05) is 11.4 Å². The van der Waals surface area contributed by atoms with Crippen molar-refractivity contribution in [3.05, 3.63) is 21.3 Å². The Kier molecular flexibility index (Phi) is 4.38. The van der Waals surface area contributed by atoms with Crippen LogP contribution in [0.25, 0.3) is 0 Å². The zero-order valence-electron chi connectivity index (χ0n) is 8.04. The monoisotopic (exact) mass is 233 g/mol. The smallest absolute Gasteiger partial charge is 0.315 e. The van der Waals surface area contributed by atoms with E-state index >= 15 is 0 Å². The highest BCUT2D eigenvalue weighted by molar-refractivity contribution is 7.16. The molecule has 1 aromatic rings. The summed E-state index contributed by atoms with van der Waals surface area (Å²) in [5, 5.41) is 2.95. The summed E-state index contributed by atoms with van der Waals surface area (Å²) < 4.78 is 5.40. The molecular formula is C9H12ClNO2S. The van der Waals surface area contributed by atoms with Crippen molar-refractivity contribution in [3.8, 4) is 0 Å². The summed E-state index contributed by atoms with van der Waals surface area (Å²) in [5.41, 5.74) is 0. The van der Waals surface area contributed by atoms with Crippen LogP contribution in [0.3, 0.4) is 0 Å². The van der Waals surface area contributed by atoms with E-state index in [4.69, 9.17) is 16.3 Å². The van der Waals surface area contributed by atoms with Crippen molar-refractivity contribution in [2.45, 2.75) is 5.92 Å². The number of thiophene rings is 1. The summed E-state index contributed by atoms with van der Waals surface area (Å²) in [7, 11) is 3.19. The molecule has 0 saturated heterocycles. The van der Waals surface area contributed by atoms with Crippen molar-refractivity contribution >= 4 is 28.9 Å². The van der Waals surface area contributed by atoms with Crippen LogP contribution in [0.5, 0.6) is 0 Å². The van der Waals surface area contributed by atoms with Crippen LogP contribution < -0.4 is 5.32 Å². The minimum absolute atomic E-state index is 0.238. The first kappa shape index (κ1) is 11.5. The molecule has 3 nitrogen and oxygen atoms in total. The summed E-state index contributed by atoms with van der Waals surface area (Å²) in [6.45, 7) is 0.559. The lowest BCUT2D eigenvalue weighted by Gasteiger charge is -2.11. The van der Waals surface area contributed by atoms with E-state index in [2.05, 4.69) is 5.32 Å². The Morgan fingerprint density at radius 3 is 2.86 bits per heavy atom. The number of halogens is 1. The number of carbonyl (C=O) groups excluding carboxylic acids is 1. The minimum atomic E-state index is -0.262. The second kappa shape index (κ2) is 5.34. The van der Waals surface area contributed by atoms with Gasteiger partial charge in [-0.05, 0) is 19.2 Å². The SMILES string of the molecule is CNCC(C(=O)OC)c1ccc(Cl)s1. The van der Waals surface area contributed by atoms with Gasteiger partial charge in [-0.3, -0.25) is 4.79 Å². The summed E-state index contributed by atoms with van der Waals surface area (Å²) in [4.78, 5) is 12.3. The number of rotatable bonds is 4. The topological polar surface area (TPSA) is 38.3 Å². The van der Waals surface area contributed by atoms with Gasteiger partial charge >= 0.3 is 5.97 Å². The Balaban J connectivity index is 2.82. The highest BCUT2D eigenvalue weighted by atomic mass is 35.5. The number of esters is 1. The lowest BCUT2D eigenvalue weighted by atomic mass is 10.1. The molecule has 0 aliphatic heterocycles. The van der Waals surface area contributed by atoms with E-state index in [0.29, 0.717) is 10.9 Å². The van der Waals surface area contributed by atoms with E-state index < -0.39 is 0 Å². The fourth-order valence-corrected chi connectivity index (χ4v) is 2.31. The molecule has 0 spiro atoms. The Bertz CT molecular complexity index is 314. The molecule has 1 aromatic heterocycles. The highest BCUT2D eigenvalue weighted by Gasteiger charge is 2.22. The van der Waals surface area contributed by atoms with Crippen LogP contribution in [0.1, 0.15) is 10.8 Å². The van der Waals surface area contributed by atoms with Crippen LogP contribution in [0.4, 0.5) is 0 Å². The summed E-state index contributed by atoms with van der Waals surface area (Å²) in [6, 6.07) is 3.64. The summed E-state index contributed by atoms with van der Waals surface area (Å²) in [5.74, 6) is -0.500. The molecule has 5 heteroatoms. The third-order valence-corrected chi connectivity index (χ3v) is 3.18. The van der Waals surface area contributed by atoms with E-state index in [0.717, 1.165) is 4.88 Å². The van der Waals surface area contributed by atoms with E-state index in [1.54, 1.807) is 13.1 Å². The average molecular weight is 234 g/mol. The van der Waals surface area contributed by atoms with Gasteiger partial charge in [0.1, 0.15) is 5.92 Å². The molecule has 0 radical (unpaired) electrons. The van der Waals surface area contributed by atoms with Crippen molar-refractivity contribution in [2.24, 2.45) is 0 Å². The van der Waals surface area contributed by atoms with E-state index in [9.17, 15) is 4.79 Å². The molecule has 0 aliphatic carbocycles. The predicted molar refractivity (Wildman–Crippen MR) is 58.0 cm³/mol. The average Bonchev–Trinajstić information content (AvgIpc) is 2.60. The Morgan fingerprint density at radius 1 is 1.71 bits per heavy atom. The molecule has 14 heavy (non-hydrogen) atoms. The molecule has 78 valence electrons. The van der Waals surface area contributed by atoms with E-state index in [-0.39, 0.29) is 11.9 Å². The zero-order chi connectivity index (χ0) is 10.6. The van der Waals surface area contributed by atoms with Crippen molar-refractivity contribution in [3.63, 3.8) is 0 Å². The molecule has 0 aromatic carbocycles. The first-order valence-electron chi connectivity index (χ1n) is 4.16. The normalized spacial score (nSPS) is 12.5. The van der Waals surface area contributed by atoms with Crippen molar-refractivity contribution in [1.29, 1.82) is 0 Å². The summed E-state index contributed by atoms with van der Waals surface area (Å²) >= 11 is 7.20. The van der Waals surface area contributed by atoms with Gasteiger partial charge in [-0.2, -0.15) is 0 Å². The molecule has 0 fully saturated rings. The van der Waals surface area contributed by atoms with Gasteiger partial charge in [0.15, 0.2) is 0 Å². The lowest BCUT2D eigenvalue weighted by Crippen LogP contribution is -2.24. The Labute approximate surface area is 92.0 Å². The number of hydrogen-bond acceptors (Lipinski definition) is 4. The van der Waals surface area contributed by atoms with Crippen molar-refractivity contribution in [1.82, 2.24) is 5.32 Å². The molecule has 0 amide bonds. The third kappa shape index (κ3) is 2.70. The van der Waals surface area contributed by atoms with Gasteiger partial charge in [-0.25, -0.2) is 0 Å². The van der Waals surface area contributed by atoms with Crippen LogP contribution >= 0.6 is 22.9 Å². The van der Waals surface area contributed by atoms with Gasteiger partial charge in [-0.1, -0.05) is 11.6 Å². The first-order valence-corrected chi connectivity index (χ1v) is 5.36. The molecule has 1 atom stereocenters.